The maximum absolute atomic E-state index is 11.7. The lowest BCUT2D eigenvalue weighted by atomic mass is 10.2. The third-order valence-corrected chi connectivity index (χ3v) is 4.09. The minimum Gasteiger partial charge on any atom is -0.488 e. The van der Waals surface area contributed by atoms with E-state index in [1.807, 2.05) is 18.9 Å². The lowest BCUT2D eigenvalue weighted by molar-refractivity contribution is 0.0600. The molecule has 0 unspecified atom stereocenters. The maximum Gasteiger partial charge on any atom is 0.338 e. The highest BCUT2D eigenvalue weighted by atomic mass is 127. The van der Waals surface area contributed by atoms with Crippen molar-refractivity contribution in [3.8, 4) is 5.75 Å². The van der Waals surface area contributed by atoms with Gasteiger partial charge in [0, 0.05) is 16.7 Å². The van der Waals surface area contributed by atoms with Crippen molar-refractivity contribution in [2.45, 2.75) is 32.8 Å². The minimum atomic E-state index is -0.384. The van der Waals surface area contributed by atoms with Crippen LogP contribution in [0.4, 0.5) is 5.69 Å². The fourth-order valence-corrected chi connectivity index (χ4v) is 2.53. The van der Waals surface area contributed by atoms with Crippen LogP contribution < -0.4 is 4.74 Å². The molecule has 1 saturated carbocycles. The predicted molar refractivity (Wildman–Crippen MR) is 91.6 cm³/mol. The van der Waals surface area contributed by atoms with Crippen LogP contribution in [0, 0.1) is 3.57 Å². The Bertz CT molecular complexity index is 569. The van der Waals surface area contributed by atoms with E-state index in [-0.39, 0.29) is 12.1 Å². The van der Waals surface area contributed by atoms with E-state index < -0.39 is 0 Å². The summed E-state index contributed by atoms with van der Waals surface area (Å²) < 4.78 is 11.5. The highest BCUT2D eigenvalue weighted by Gasteiger charge is 2.26. The Hall–Kier alpha value is -1.38. The summed E-state index contributed by atoms with van der Waals surface area (Å²) in [6.07, 6.45) is 2.28. The van der Waals surface area contributed by atoms with Crippen molar-refractivity contribution in [1.82, 2.24) is 5.01 Å². The minimum absolute atomic E-state index is 0.214. The summed E-state index contributed by atoms with van der Waals surface area (Å²) in [5.74, 6) is 0.205. The van der Waals surface area contributed by atoms with Gasteiger partial charge >= 0.3 is 5.97 Å². The van der Waals surface area contributed by atoms with Gasteiger partial charge in [0.25, 0.3) is 0 Å². The molecule has 1 aliphatic carbocycles. The molecule has 120 valence electrons. The van der Waals surface area contributed by atoms with Gasteiger partial charge in [0.2, 0.25) is 0 Å². The zero-order valence-electron chi connectivity index (χ0n) is 13.0. The summed E-state index contributed by atoms with van der Waals surface area (Å²) in [5, 5.41) is 10.4. The molecular weight excluding hydrogens is 397 g/mol. The lowest BCUT2D eigenvalue weighted by Gasteiger charge is -2.14. The number of benzene rings is 1. The molecule has 1 aliphatic rings. The quantitative estimate of drug-likeness (QED) is 0.292. The summed E-state index contributed by atoms with van der Waals surface area (Å²) in [7, 11) is 1.37. The highest BCUT2D eigenvalue weighted by molar-refractivity contribution is 14.1. The van der Waals surface area contributed by atoms with E-state index in [0.717, 1.165) is 29.5 Å². The molecular formula is C15H20IN3O3. The first-order chi connectivity index (χ1) is 10.6. The Morgan fingerprint density at radius 2 is 2.05 bits per heavy atom. The Balaban J connectivity index is 2.35. The average Bonchev–Trinajstić information content (AvgIpc) is 3.33. The van der Waals surface area contributed by atoms with Gasteiger partial charge in [-0.3, -0.25) is 5.01 Å². The number of methoxy groups -OCH3 is 1. The summed E-state index contributed by atoms with van der Waals surface area (Å²) >= 11 is 2.14. The molecule has 7 heteroatoms. The summed E-state index contributed by atoms with van der Waals surface area (Å²) in [6.45, 7) is 5.62. The van der Waals surface area contributed by atoms with Gasteiger partial charge in [0.1, 0.15) is 11.4 Å². The summed E-state index contributed by atoms with van der Waals surface area (Å²) in [5.41, 5.74) is 1.12. The van der Waals surface area contributed by atoms with Gasteiger partial charge in [-0.05, 0) is 61.4 Å². The number of esters is 1. The molecule has 6 nitrogen and oxygen atoms in total. The molecule has 1 aromatic carbocycles. The molecule has 0 atom stereocenters. The third-order valence-electron chi connectivity index (χ3n) is 3.27. The molecule has 1 aromatic rings. The molecule has 0 aromatic heterocycles. The molecule has 0 radical (unpaired) electrons. The van der Waals surface area contributed by atoms with E-state index in [2.05, 4.69) is 32.9 Å². The van der Waals surface area contributed by atoms with Crippen molar-refractivity contribution in [2.75, 3.05) is 20.2 Å². The summed E-state index contributed by atoms with van der Waals surface area (Å²) in [4.78, 5) is 11.7. The first kappa shape index (κ1) is 17.0. The second-order valence-corrected chi connectivity index (χ2v) is 6.10. The van der Waals surface area contributed by atoms with Gasteiger partial charge in [0.15, 0.2) is 0 Å². The van der Waals surface area contributed by atoms with Crippen LogP contribution in [0.1, 0.15) is 37.0 Å². The van der Waals surface area contributed by atoms with Crippen LogP contribution in [0.2, 0.25) is 0 Å². The average molecular weight is 417 g/mol. The van der Waals surface area contributed by atoms with Gasteiger partial charge in [-0.2, -0.15) is 0 Å². The molecule has 0 saturated heterocycles. The topological polar surface area (TPSA) is 63.5 Å². The van der Waals surface area contributed by atoms with E-state index in [1.54, 1.807) is 12.1 Å². The van der Waals surface area contributed by atoms with Crippen LogP contribution in [-0.4, -0.2) is 37.3 Å². The number of halogens is 1. The van der Waals surface area contributed by atoms with E-state index in [1.165, 1.54) is 7.11 Å². The molecule has 1 fully saturated rings. The molecule has 0 N–H and O–H groups in total. The Labute approximate surface area is 144 Å². The largest absolute Gasteiger partial charge is 0.488 e. The number of carbonyl (C=O) groups excluding carboxylic acids is 1. The van der Waals surface area contributed by atoms with E-state index >= 15 is 0 Å². The van der Waals surface area contributed by atoms with Crippen molar-refractivity contribution >= 4 is 34.2 Å². The number of nitrogens with zero attached hydrogens (tertiary/aromatic N) is 3. The number of hydrogen-bond donors (Lipinski definition) is 0. The Kier molecular flexibility index (Phi) is 5.98. The second-order valence-electron chi connectivity index (χ2n) is 4.94. The SMILES string of the molecule is CCN(CC)/N=N/c1c(I)cc(C(=O)OC)cc1OC1CC1. The first-order valence-corrected chi connectivity index (χ1v) is 8.42. The van der Waals surface area contributed by atoms with Crippen molar-refractivity contribution in [3.05, 3.63) is 21.3 Å². The molecule has 0 bridgehead atoms. The van der Waals surface area contributed by atoms with Gasteiger partial charge in [-0.15, -0.1) is 5.11 Å². The van der Waals surface area contributed by atoms with Crippen LogP contribution in [-0.2, 0) is 4.74 Å². The van der Waals surface area contributed by atoms with Crippen LogP contribution in [0.5, 0.6) is 5.75 Å². The number of carbonyl (C=O) groups is 1. The predicted octanol–water partition coefficient (Wildman–Crippen LogP) is 3.96. The number of rotatable bonds is 7. The second kappa shape index (κ2) is 7.75. The monoisotopic (exact) mass is 417 g/mol. The Morgan fingerprint density at radius 3 is 2.59 bits per heavy atom. The molecule has 22 heavy (non-hydrogen) atoms. The van der Waals surface area contributed by atoms with Gasteiger partial charge in [-0.1, -0.05) is 5.22 Å². The normalized spacial score (nSPS) is 14.2. The van der Waals surface area contributed by atoms with Gasteiger partial charge in [-0.25, -0.2) is 4.79 Å². The van der Waals surface area contributed by atoms with Crippen molar-refractivity contribution in [2.24, 2.45) is 10.3 Å². The van der Waals surface area contributed by atoms with E-state index in [9.17, 15) is 4.79 Å². The van der Waals surface area contributed by atoms with Gasteiger partial charge < -0.3 is 9.47 Å². The first-order valence-electron chi connectivity index (χ1n) is 7.34. The highest BCUT2D eigenvalue weighted by Crippen LogP contribution is 2.38. The molecule has 2 rings (SSSR count). The number of ether oxygens (including phenoxy) is 2. The van der Waals surface area contributed by atoms with Gasteiger partial charge in [0.05, 0.1) is 18.8 Å². The summed E-state index contributed by atoms with van der Waals surface area (Å²) in [6, 6.07) is 3.42. The molecule has 0 spiro atoms. The smallest absolute Gasteiger partial charge is 0.338 e. The van der Waals surface area contributed by atoms with Crippen LogP contribution >= 0.6 is 22.6 Å². The van der Waals surface area contributed by atoms with Crippen LogP contribution in [0.25, 0.3) is 0 Å². The standard InChI is InChI=1S/C15H20IN3O3/c1-4-19(5-2)18-17-14-12(16)8-10(15(20)21-3)9-13(14)22-11-6-7-11/h8-9,11H,4-7H2,1-3H3/b18-17+. The van der Waals surface area contributed by atoms with Crippen LogP contribution in [0.15, 0.2) is 22.5 Å². The fraction of sp³-hybridized carbons (Fsp3) is 0.533. The van der Waals surface area contributed by atoms with Crippen LogP contribution in [0.3, 0.4) is 0 Å². The molecule has 0 heterocycles. The lowest BCUT2D eigenvalue weighted by Crippen LogP contribution is -2.14. The zero-order valence-corrected chi connectivity index (χ0v) is 15.2. The molecule has 0 amide bonds. The fourth-order valence-electron chi connectivity index (χ4n) is 1.82. The van der Waals surface area contributed by atoms with Crippen molar-refractivity contribution in [3.63, 3.8) is 0 Å². The molecule has 0 aliphatic heterocycles. The Morgan fingerprint density at radius 1 is 1.36 bits per heavy atom. The maximum atomic E-state index is 11.7. The third kappa shape index (κ3) is 4.31. The number of hydrogen-bond acceptors (Lipinski definition) is 5. The van der Waals surface area contributed by atoms with E-state index in [4.69, 9.17) is 9.47 Å². The van der Waals surface area contributed by atoms with E-state index in [0.29, 0.717) is 17.0 Å². The van der Waals surface area contributed by atoms with Crippen molar-refractivity contribution in [1.29, 1.82) is 0 Å². The van der Waals surface area contributed by atoms with Crippen molar-refractivity contribution < 1.29 is 14.3 Å². The zero-order chi connectivity index (χ0) is 16.1.